The number of carbonyl (C=O) groups excluding carboxylic acids is 1. The number of hydrogen-bond donors (Lipinski definition) is 1. The van der Waals surface area contributed by atoms with Crippen molar-refractivity contribution in [2.75, 3.05) is 13.7 Å². The Bertz CT molecular complexity index is 1490. The van der Waals surface area contributed by atoms with Crippen molar-refractivity contribution < 1.29 is 42.8 Å². The fraction of sp³-hybridized carbons (Fsp3) is 0.294. The maximum atomic E-state index is 12.5. The number of carbonyl (C=O) groups is 2. The first-order chi connectivity index (χ1) is 20.9. The van der Waals surface area contributed by atoms with Crippen LogP contribution in [0.5, 0.6) is 0 Å². The van der Waals surface area contributed by atoms with Gasteiger partial charge in [0.05, 0.1) is 33.5 Å². The molecule has 0 amide bonds. The summed E-state index contributed by atoms with van der Waals surface area (Å²) in [6, 6.07) is 29.0. The monoisotopic (exact) mass is 586 g/mol. The third kappa shape index (κ3) is 6.87. The second-order valence-corrected chi connectivity index (χ2v) is 10.4. The summed E-state index contributed by atoms with van der Waals surface area (Å²) in [4.78, 5) is 24.9. The van der Waals surface area contributed by atoms with Gasteiger partial charge in [0.15, 0.2) is 5.76 Å². The largest absolute Gasteiger partial charge is 0.478 e. The number of furan rings is 1. The highest BCUT2D eigenvalue weighted by molar-refractivity contribution is 6.03. The molecule has 9 nitrogen and oxygen atoms in total. The second kappa shape index (κ2) is 13.8. The predicted octanol–water partition coefficient (Wildman–Crippen LogP) is 5.98. The van der Waals surface area contributed by atoms with E-state index in [9.17, 15) is 14.7 Å². The average Bonchev–Trinajstić information content (AvgIpc) is 3.59. The lowest BCUT2D eigenvalue weighted by Crippen LogP contribution is -2.47. The summed E-state index contributed by atoms with van der Waals surface area (Å²) in [6.07, 6.45) is -1.38. The van der Waals surface area contributed by atoms with Crippen LogP contribution in [0.1, 0.15) is 56.2 Å². The van der Waals surface area contributed by atoms with Gasteiger partial charge in [-0.05, 0) is 23.6 Å². The second-order valence-electron chi connectivity index (χ2n) is 10.4. The molecule has 1 aliphatic rings. The lowest BCUT2D eigenvalue weighted by atomic mass is 9.89. The lowest BCUT2D eigenvalue weighted by Gasteiger charge is -2.35. The van der Waals surface area contributed by atoms with Gasteiger partial charge in [-0.3, -0.25) is 0 Å². The summed E-state index contributed by atoms with van der Waals surface area (Å²) in [5, 5.41) is 10.1. The molecule has 9 heteroatoms. The molecule has 0 saturated carbocycles. The number of rotatable bonds is 13. The van der Waals surface area contributed by atoms with Gasteiger partial charge in [-0.1, -0.05) is 91.0 Å². The van der Waals surface area contributed by atoms with E-state index >= 15 is 0 Å². The first-order valence-corrected chi connectivity index (χ1v) is 13.9. The van der Waals surface area contributed by atoms with Crippen LogP contribution in [0.4, 0.5) is 0 Å². The van der Waals surface area contributed by atoms with Crippen LogP contribution in [-0.2, 0) is 43.5 Å². The zero-order valence-electron chi connectivity index (χ0n) is 24.0. The van der Waals surface area contributed by atoms with Crippen LogP contribution >= 0.6 is 0 Å². The summed E-state index contributed by atoms with van der Waals surface area (Å²) < 4.78 is 36.3. The van der Waals surface area contributed by atoms with E-state index < -0.39 is 35.9 Å². The molecule has 1 aromatic heterocycles. The molecule has 0 aliphatic carbocycles. The minimum absolute atomic E-state index is 0.0673. The van der Waals surface area contributed by atoms with Gasteiger partial charge in [0.2, 0.25) is 0 Å². The Morgan fingerprint density at radius 1 is 0.837 bits per heavy atom. The highest BCUT2D eigenvalue weighted by atomic mass is 16.6. The van der Waals surface area contributed by atoms with Gasteiger partial charge in [0.1, 0.15) is 41.3 Å². The molecule has 4 atom stereocenters. The number of aromatic carboxylic acids is 1. The molecule has 1 saturated heterocycles. The molecular weight excluding hydrogens is 552 g/mol. The third-order valence-corrected chi connectivity index (χ3v) is 7.47. The van der Waals surface area contributed by atoms with Crippen molar-refractivity contribution in [2.24, 2.45) is 0 Å². The molecular formula is C34H34O9. The highest BCUT2D eigenvalue weighted by Crippen LogP contribution is 2.48. The Balaban J connectivity index is 1.51. The summed E-state index contributed by atoms with van der Waals surface area (Å²) in [5.41, 5.74) is 1.01. The SMILES string of the molecule is COC(=O)c1coc(C2OC(COCc3ccccc3)C(OCc3ccccc3)C2(C)OCc2ccccc2)c1C(=O)O. The summed E-state index contributed by atoms with van der Waals surface area (Å²) in [5.74, 6) is -2.26. The molecule has 5 rings (SSSR count). The summed E-state index contributed by atoms with van der Waals surface area (Å²) in [6.45, 7) is 2.71. The maximum Gasteiger partial charge on any atom is 0.342 e. The number of methoxy groups -OCH3 is 1. The standard InChI is InChI=1S/C34H34O9/c1-34(42-20-25-16-10-5-11-17-25)30(41-19-24-14-8-4-9-15-24)27(22-39-18-23-12-6-3-7-13-23)43-31(34)29-28(32(35)36)26(21-40-29)33(37)38-2/h3-17,21,27,30-31H,18-20,22H2,1-2H3,(H,35,36). The number of benzene rings is 3. The molecule has 224 valence electrons. The van der Waals surface area contributed by atoms with E-state index in [-0.39, 0.29) is 36.7 Å². The van der Waals surface area contributed by atoms with Gasteiger partial charge in [-0.2, -0.15) is 0 Å². The minimum Gasteiger partial charge on any atom is -0.478 e. The van der Waals surface area contributed by atoms with Crippen molar-refractivity contribution in [3.8, 4) is 0 Å². The topological polar surface area (TPSA) is 114 Å². The van der Waals surface area contributed by atoms with Gasteiger partial charge in [-0.25, -0.2) is 9.59 Å². The Morgan fingerprint density at radius 3 is 1.95 bits per heavy atom. The van der Waals surface area contributed by atoms with Crippen molar-refractivity contribution >= 4 is 11.9 Å². The van der Waals surface area contributed by atoms with Crippen LogP contribution in [0.3, 0.4) is 0 Å². The normalized spacial score (nSPS) is 21.5. The number of carboxylic acid groups (broad SMARTS) is 1. The van der Waals surface area contributed by atoms with Crippen LogP contribution in [0.25, 0.3) is 0 Å². The molecule has 1 aliphatic heterocycles. The van der Waals surface area contributed by atoms with Crippen molar-refractivity contribution in [3.05, 3.63) is 131 Å². The number of esters is 1. The van der Waals surface area contributed by atoms with E-state index in [0.29, 0.717) is 6.61 Å². The molecule has 0 radical (unpaired) electrons. The van der Waals surface area contributed by atoms with E-state index in [0.717, 1.165) is 23.0 Å². The van der Waals surface area contributed by atoms with Crippen LogP contribution in [0.15, 0.2) is 102 Å². The number of ether oxygens (including phenoxy) is 5. The average molecular weight is 587 g/mol. The van der Waals surface area contributed by atoms with Crippen LogP contribution in [-0.4, -0.2) is 48.6 Å². The van der Waals surface area contributed by atoms with Gasteiger partial charge >= 0.3 is 11.9 Å². The molecule has 43 heavy (non-hydrogen) atoms. The molecule has 4 aromatic rings. The van der Waals surface area contributed by atoms with Gasteiger partial charge in [0, 0.05) is 0 Å². The van der Waals surface area contributed by atoms with E-state index in [1.165, 1.54) is 7.11 Å². The molecule has 1 N–H and O–H groups in total. The van der Waals surface area contributed by atoms with Crippen LogP contribution < -0.4 is 0 Å². The van der Waals surface area contributed by atoms with Gasteiger partial charge in [-0.15, -0.1) is 0 Å². The van der Waals surface area contributed by atoms with Crippen molar-refractivity contribution in [3.63, 3.8) is 0 Å². The Hall–Kier alpha value is -4.28. The van der Waals surface area contributed by atoms with E-state index in [1.54, 1.807) is 6.92 Å². The van der Waals surface area contributed by atoms with E-state index in [4.69, 9.17) is 28.1 Å². The van der Waals surface area contributed by atoms with Crippen molar-refractivity contribution in [1.29, 1.82) is 0 Å². The highest BCUT2D eigenvalue weighted by Gasteiger charge is 2.58. The number of hydrogen-bond acceptors (Lipinski definition) is 8. The molecule has 0 bridgehead atoms. The third-order valence-electron chi connectivity index (χ3n) is 7.47. The predicted molar refractivity (Wildman–Crippen MR) is 155 cm³/mol. The zero-order valence-corrected chi connectivity index (χ0v) is 24.0. The quantitative estimate of drug-likeness (QED) is 0.189. The summed E-state index contributed by atoms with van der Waals surface area (Å²) >= 11 is 0. The Labute approximate surface area is 249 Å². The first-order valence-electron chi connectivity index (χ1n) is 13.9. The molecule has 3 aromatic carbocycles. The fourth-order valence-electron chi connectivity index (χ4n) is 5.27. The maximum absolute atomic E-state index is 12.5. The van der Waals surface area contributed by atoms with Gasteiger partial charge in [0.25, 0.3) is 0 Å². The fourth-order valence-corrected chi connectivity index (χ4v) is 5.27. The zero-order chi connectivity index (χ0) is 30.2. The minimum atomic E-state index is -1.36. The van der Waals surface area contributed by atoms with Crippen LogP contribution in [0.2, 0.25) is 0 Å². The molecule has 2 heterocycles. The Morgan fingerprint density at radius 2 is 1.40 bits per heavy atom. The van der Waals surface area contributed by atoms with Crippen molar-refractivity contribution in [2.45, 2.75) is 50.7 Å². The summed E-state index contributed by atoms with van der Waals surface area (Å²) in [7, 11) is 1.17. The van der Waals surface area contributed by atoms with Crippen molar-refractivity contribution in [1.82, 2.24) is 0 Å². The number of carboxylic acids is 1. The molecule has 1 fully saturated rings. The lowest BCUT2D eigenvalue weighted by molar-refractivity contribution is -0.150. The molecule has 4 unspecified atom stereocenters. The first kappa shape index (κ1) is 30.2. The van der Waals surface area contributed by atoms with Crippen LogP contribution in [0, 0.1) is 0 Å². The van der Waals surface area contributed by atoms with E-state index in [1.807, 2.05) is 91.0 Å². The van der Waals surface area contributed by atoms with Gasteiger partial charge < -0.3 is 33.2 Å². The Kier molecular flexibility index (Phi) is 9.68. The molecule has 0 spiro atoms. The van der Waals surface area contributed by atoms with E-state index in [2.05, 4.69) is 0 Å². The smallest absolute Gasteiger partial charge is 0.342 e.